The maximum atomic E-state index is 10.9. The quantitative estimate of drug-likeness (QED) is 0.602. The first-order chi connectivity index (χ1) is 5.18. The number of carbonyl (C=O) groups excluding carboxylic acids is 1. The van der Waals surface area contributed by atoms with Gasteiger partial charge in [0.25, 0.3) is 0 Å². The summed E-state index contributed by atoms with van der Waals surface area (Å²) < 4.78 is 0. The van der Waals surface area contributed by atoms with Crippen LogP contribution < -0.4 is 10.6 Å². The van der Waals surface area contributed by atoms with Crippen molar-refractivity contribution < 1.29 is 4.79 Å². The lowest BCUT2D eigenvalue weighted by Gasteiger charge is -2.24. The predicted octanol–water partition coefficient (Wildman–Crippen LogP) is 0.263. The van der Waals surface area contributed by atoms with Gasteiger partial charge in [0.2, 0.25) is 5.91 Å². The molecule has 3 heteroatoms. The Kier molecular flexibility index (Phi) is 2.88. The van der Waals surface area contributed by atoms with Crippen molar-refractivity contribution in [3.05, 3.63) is 0 Å². The molecule has 0 spiro atoms. The van der Waals surface area contributed by atoms with Gasteiger partial charge in [-0.05, 0) is 6.42 Å². The van der Waals surface area contributed by atoms with Crippen LogP contribution in [0.4, 0.5) is 0 Å². The van der Waals surface area contributed by atoms with Crippen LogP contribution in [0.5, 0.6) is 0 Å². The topological polar surface area (TPSA) is 41.1 Å². The average molecular weight is 156 g/mol. The van der Waals surface area contributed by atoms with Crippen LogP contribution in [0.3, 0.4) is 0 Å². The predicted molar refractivity (Wildman–Crippen MR) is 44.3 cm³/mol. The maximum Gasteiger partial charge on any atom is 0.221 e. The lowest BCUT2D eigenvalue weighted by molar-refractivity contribution is -0.122. The molecule has 1 rings (SSSR count). The molecule has 0 radical (unpaired) electrons. The van der Waals surface area contributed by atoms with E-state index < -0.39 is 0 Å². The van der Waals surface area contributed by atoms with Crippen molar-refractivity contribution in [3.8, 4) is 0 Å². The first-order valence-electron chi connectivity index (χ1n) is 4.21. The highest BCUT2D eigenvalue weighted by atomic mass is 16.1. The zero-order valence-electron chi connectivity index (χ0n) is 7.18. The van der Waals surface area contributed by atoms with Crippen LogP contribution in [0.15, 0.2) is 0 Å². The van der Waals surface area contributed by atoms with Gasteiger partial charge in [-0.1, -0.05) is 13.8 Å². The Morgan fingerprint density at radius 2 is 2.36 bits per heavy atom. The Balaban J connectivity index is 2.28. The number of hydrogen-bond donors (Lipinski definition) is 2. The van der Waals surface area contributed by atoms with Gasteiger partial charge in [0.15, 0.2) is 0 Å². The van der Waals surface area contributed by atoms with Gasteiger partial charge in [-0.2, -0.15) is 0 Å². The fraction of sp³-hybridized carbons (Fsp3) is 0.875. The van der Waals surface area contributed by atoms with Gasteiger partial charge in [-0.3, -0.25) is 4.79 Å². The fourth-order valence-electron chi connectivity index (χ4n) is 1.40. The second-order valence-corrected chi connectivity index (χ2v) is 3.36. The summed E-state index contributed by atoms with van der Waals surface area (Å²) in [5.41, 5.74) is 0. The summed E-state index contributed by atoms with van der Waals surface area (Å²) in [4.78, 5) is 10.9. The molecule has 1 fully saturated rings. The molecular formula is C8H16N2O. The molecule has 1 atom stereocenters. The molecule has 0 aliphatic carbocycles. The van der Waals surface area contributed by atoms with Gasteiger partial charge in [0.1, 0.15) is 0 Å². The number of carbonyl (C=O) groups is 1. The fourth-order valence-corrected chi connectivity index (χ4v) is 1.40. The van der Waals surface area contributed by atoms with E-state index in [1.54, 1.807) is 0 Å². The number of rotatable bonds is 2. The lowest BCUT2D eigenvalue weighted by Crippen LogP contribution is -2.45. The minimum absolute atomic E-state index is 0.175. The van der Waals surface area contributed by atoms with Crippen molar-refractivity contribution in [2.24, 2.45) is 0 Å². The van der Waals surface area contributed by atoms with E-state index in [0.29, 0.717) is 18.5 Å². The summed E-state index contributed by atoms with van der Waals surface area (Å²) in [7, 11) is 0. The zero-order chi connectivity index (χ0) is 8.27. The van der Waals surface area contributed by atoms with Gasteiger partial charge >= 0.3 is 0 Å². The molecule has 0 aromatic heterocycles. The van der Waals surface area contributed by atoms with E-state index in [9.17, 15) is 4.79 Å². The van der Waals surface area contributed by atoms with Crippen LogP contribution >= 0.6 is 0 Å². The molecule has 0 bridgehead atoms. The number of nitrogens with one attached hydrogen (secondary N) is 2. The molecule has 64 valence electrons. The highest BCUT2D eigenvalue weighted by Gasteiger charge is 2.18. The normalized spacial score (nSPS) is 25.4. The van der Waals surface area contributed by atoms with Crippen molar-refractivity contribution in [3.63, 3.8) is 0 Å². The van der Waals surface area contributed by atoms with Crippen LogP contribution in [0, 0.1) is 0 Å². The molecule has 0 aromatic carbocycles. The summed E-state index contributed by atoms with van der Waals surface area (Å²) in [5.74, 6) is 0.175. The smallest absolute Gasteiger partial charge is 0.221 e. The van der Waals surface area contributed by atoms with E-state index in [-0.39, 0.29) is 5.91 Å². The standard InChI is InChI=1S/C8H16N2O/c1-6(2)10-7-3-4-9-8(11)5-7/h6-7,10H,3-5H2,1-2H3,(H,9,11)/t7-/m0/s1. The molecule has 1 aliphatic rings. The molecule has 1 aliphatic heterocycles. The summed E-state index contributed by atoms with van der Waals surface area (Å²) in [6.45, 7) is 5.03. The Labute approximate surface area is 67.5 Å². The molecule has 1 saturated heterocycles. The highest BCUT2D eigenvalue weighted by Crippen LogP contribution is 2.03. The average Bonchev–Trinajstić information content (AvgIpc) is 1.85. The Morgan fingerprint density at radius 3 is 2.91 bits per heavy atom. The Hall–Kier alpha value is -0.570. The highest BCUT2D eigenvalue weighted by molar-refractivity contribution is 5.77. The Morgan fingerprint density at radius 1 is 1.64 bits per heavy atom. The summed E-state index contributed by atoms with van der Waals surface area (Å²) in [6, 6.07) is 0.870. The molecule has 1 amide bonds. The first-order valence-corrected chi connectivity index (χ1v) is 4.21. The van der Waals surface area contributed by atoms with E-state index in [0.717, 1.165) is 13.0 Å². The van der Waals surface area contributed by atoms with Crippen molar-refractivity contribution in [2.45, 2.75) is 38.8 Å². The molecule has 11 heavy (non-hydrogen) atoms. The summed E-state index contributed by atoms with van der Waals surface area (Å²) in [6.07, 6.45) is 1.70. The molecular weight excluding hydrogens is 140 g/mol. The second kappa shape index (κ2) is 3.72. The summed E-state index contributed by atoms with van der Waals surface area (Å²) >= 11 is 0. The lowest BCUT2D eigenvalue weighted by atomic mass is 10.1. The third kappa shape index (κ3) is 2.89. The van der Waals surface area contributed by atoms with Crippen LogP contribution in [0.1, 0.15) is 26.7 Å². The van der Waals surface area contributed by atoms with Gasteiger partial charge < -0.3 is 10.6 Å². The van der Waals surface area contributed by atoms with Crippen molar-refractivity contribution in [1.29, 1.82) is 0 Å². The van der Waals surface area contributed by atoms with E-state index in [1.807, 2.05) is 0 Å². The zero-order valence-corrected chi connectivity index (χ0v) is 7.18. The second-order valence-electron chi connectivity index (χ2n) is 3.36. The molecule has 3 nitrogen and oxygen atoms in total. The molecule has 1 heterocycles. The molecule has 0 saturated carbocycles. The van der Waals surface area contributed by atoms with Crippen molar-refractivity contribution in [1.82, 2.24) is 10.6 Å². The SMILES string of the molecule is CC(C)N[C@H]1CCNC(=O)C1. The third-order valence-corrected chi connectivity index (χ3v) is 1.82. The van der Waals surface area contributed by atoms with E-state index in [4.69, 9.17) is 0 Å². The molecule has 0 unspecified atom stereocenters. The van der Waals surface area contributed by atoms with Gasteiger partial charge in [-0.15, -0.1) is 0 Å². The number of amides is 1. The monoisotopic (exact) mass is 156 g/mol. The number of hydrogen-bond acceptors (Lipinski definition) is 2. The Bertz CT molecular complexity index is 145. The van der Waals surface area contributed by atoms with Crippen LogP contribution in [0.2, 0.25) is 0 Å². The maximum absolute atomic E-state index is 10.9. The molecule has 0 aromatic rings. The van der Waals surface area contributed by atoms with Crippen LogP contribution in [-0.4, -0.2) is 24.5 Å². The number of piperidine rings is 1. The van der Waals surface area contributed by atoms with E-state index >= 15 is 0 Å². The largest absolute Gasteiger partial charge is 0.356 e. The van der Waals surface area contributed by atoms with E-state index in [2.05, 4.69) is 24.5 Å². The van der Waals surface area contributed by atoms with Gasteiger partial charge in [-0.25, -0.2) is 0 Å². The minimum Gasteiger partial charge on any atom is -0.356 e. The van der Waals surface area contributed by atoms with Gasteiger partial charge in [0.05, 0.1) is 0 Å². The van der Waals surface area contributed by atoms with Crippen molar-refractivity contribution in [2.75, 3.05) is 6.54 Å². The van der Waals surface area contributed by atoms with Crippen molar-refractivity contribution >= 4 is 5.91 Å². The summed E-state index contributed by atoms with van der Waals surface area (Å²) in [5, 5.41) is 6.16. The van der Waals surface area contributed by atoms with E-state index in [1.165, 1.54) is 0 Å². The first kappa shape index (κ1) is 8.53. The van der Waals surface area contributed by atoms with Gasteiger partial charge in [0, 0.05) is 25.0 Å². The van der Waals surface area contributed by atoms with Crippen LogP contribution in [0.25, 0.3) is 0 Å². The van der Waals surface area contributed by atoms with Crippen LogP contribution in [-0.2, 0) is 4.79 Å². The third-order valence-electron chi connectivity index (χ3n) is 1.82. The minimum atomic E-state index is 0.175. The molecule has 2 N–H and O–H groups in total.